The molecule has 0 amide bonds. The Kier molecular flexibility index (Phi) is 3.44. The fourth-order valence-electron chi connectivity index (χ4n) is 1.62. The van der Waals surface area contributed by atoms with Gasteiger partial charge in [0.25, 0.3) is 0 Å². The second-order valence-corrected chi connectivity index (χ2v) is 4.05. The van der Waals surface area contributed by atoms with E-state index in [1.165, 1.54) is 0 Å². The number of hydrogen-bond donors (Lipinski definition) is 1. The van der Waals surface area contributed by atoms with Crippen molar-refractivity contribution in [1.29, 1.82) is 0 Å². The second kappa shape index (κ2) is 4.42. The third kappa shape index (κ3) is 3.04. The molecule has 1 rings (SSSR count). The number of carbonyl (C=O) groups is 2. The van der Waals surface area contributed by atoms with Gasteiger partial charge in [0.2, 0.25) is 5.71 Å². The van der Waals surface area contributed by atoms with E-state index in [-0.39, 0.29) is 0 Å². The minimum absolute atomic E-state index is 0.407. The van der Waals surface area contributed by atoms with E-state index in [1.807, 2.05) is 6.92 Å². The molecule has 0 aromatic carbocycles. The molecule has 15 heavy (non-hydrogen) atoms. The van der Waals surface area contributed by atoms with Crippen molar-refractivity contribution in [2.75, 3.05) is 0 Å². The number of carboxylic acids is 1. The summed E-state index contributed by atoms with van der Waals surface area (Å²) in [6.45, 7) is 3.04. The average molecular weight is 213 g/mol. The fourth-order valence-corrected chi connectivity index (χ4v) is 1.62. The van der Waals surface area contributed by atoms with Gasteiger partial charge in [0.1, 0.15) is 5.60 Å². The van der Waals surface area contributed by atoms with Crippen molar-refractivity contribution < 1.29 is 19.5 Å². The zero-order chi connectivity index (χ0) is 11.5. The van der Waals surface area contributed by atoms with Crippen LogP contribution in [0.1, 0.15) is 39.5 Å². The molecule has 0 aromatic heterocycles. The van der Waals surface area contributed by atoms with Gasteiger partial charge in [-0.2, -0.15) is 0 Å². The lowest BCUT2D eigenvalue weighted by Gasteiger charge is -2.20. The molecule has 0 unspecified atom stereocenters. The van der Waals surface area contributed by atoms with Gasteiger partial charge in [-0.1, -0.05) is 5.16 Å². The van der Waals surface area contributed by atoms with Crippen molar-refractivity contribution in [3.8, 4) is 0 Å². The van der Waals surface area contributed by atoms with Gasteiger partial charge < -0.3 is 9.94 Å². The van der Waals surface area contributed by atoms with Crippen LogP contribution in [-0.4, -0.2) is 28.2 Å². The van der Waals surface area contributed by atoms with E-state index in [0.717, 1.165) is 32.6 Å². The largest absolute Gasteiger partial charge is 0.476 e. The number of carboxylic acid groups (broad SMARTS) is 1. The first kappa shape index (κ1) is 11.7. The first-order valence-electron chi connectivity index (χ1n) is 4.95. The Morgan fingerprint density at radius 3 is 2.27 bits per heavy atom. The molecule has 1 N–H and O–H groups in total. The van der Waals surface area contributed by atoms with Gasteiger partial charge in [0.05, 0.1) is 0 Å². The van der Waals surface area contributed by atoms with Crippen LogP contribution in [0.4, 0.5) is 0 Å². The summed E-state index contributed by atoms with van der Waals surface area (Å²) >= 11 is 0. The molecule has 0 radical (unpaired) electrons. The van der Waals surface area contributed by atoms with Crippen molar-refractivity contribution in [1.82, 2.24) is 0 Å². The standard InChI is InChI=1S/C10H15NO4/c1-7(12)8(9(13)14)11-15-10(2)5-3-4-6-10/h3-6H2,1-2H3,(H,13,14)/b11-8-. The van der Waals surface area contributed by atoms with Gasteiger partial charge in [0, 0.05) is 6.92 Å². The molecule has 0 spiro atoms. The van der Waals surface area contributed by atoms with Gasteiger partial charge >= 0.3 is 5.97 Å². The summed E-state index contributed by atoms with van der Waals surface area (Å²) in [5.74, 6) is -1.94. The number of aliphatic carboxylic acids is 1. The maximum Gasteiger partial charge on any atom is 0.361 e. The normalized spacial score (nSPS) is 20.0. The molecule has 84 valence electrons. The Hall–Kier alpha value is -1.39. The number of rotatable bonds is 4. The highest BCUT2D eigenvalue weighted by molar-refractivity contribution is 6.63. The monoisotopic (exact) mass is 213 g/mol. The van der Waals surface area contributed by atoms with Crippen LogP contribution in [0.2, 0.25) is 0 Å². The van der Waals surface area contributed by atoms with Crippen LogP contribution >= 0.6 is 0 Å². The van der Waals surface area contributed by atoms with E-state index in [2.05, 4.69) is 5.16 Å². The van der Waals surface area contributed by atoms with Crippen molar-refractivity contribution in [3.05, 3.63) is 0 Å². The number of Topliss-reactive ketones (excluding diaryl/α,β-unsaturated/α-hetero) is 1. The van der Waals surface area contributed by atoms with Gasteiger partial charge in [-0.05, 0) is 32.6 Å². The molecule has 0 bridgehead atoms. The van der Waals surface area contributed by atoms with Crippen LogP contribution in [0.3, 0.4) is 0 Å². The van der Waals surface area contributed by atoms with Crippen molar-refractivity contribution >= 4 is 17.5 Å². The molecule has 0 atom stereocenters. The topological polar surface area (TPSA) is 76.0 Å². The Morgan fingerprint density at radius 2 is 1.87 bits per heavy atom. The molecule has 5 nitrogen and oxygen atoms in total. The van der Waals surface area contributed by atoms with Gasteiger partial charge in [-0.15, -0.1) is 0 Å². The molecule has 1 aliphatic rings. The van der Waals surface area contributed by atoms with Crippen LogP contribution in [-0.2, 0) is 14.4 Å². The van der Waals surface area contributed by atoms with E-state index >= 15 is 0 Å². The average Bonchev–Trinajstić information content (AvgIpc) is 2.51. The fraction of sp³-hybridized carbons (Fsp3) is 0.700. The van der Waals surface area contributed by atoms with Gasteiger partial charge in [0.15, 0.2) is 5.78 Å². The third-order valence-corrected chi connectivity index (χ3v) is 2.55. The van der Waals surface area contributed by atoms with Gasteiger partial charge in [-0.3, -0.25) is 4.79 Å². The molecule has 0 saturated heterocycles. The van der Waals surface area contributed by atoms with Gasteiger partial charge in [-0.25, -0.2) is 4.79 Å². The number of carbonyl (C=O) groups excluding carboxylic acids is 1. The minimum atomic E-state index is -1.34. The van der Waals surface area contributed by atoms with E-state index in [1.54, 1.807) is 0 Å². The molecular formula is C10H15NO4. The van der Waals surface area contributed by atoms with E-state index in [4.69, 9.17) is 9.94 Å². The van der Waals surface area contributed by atoms with Crippen LogP contribution in [0.5, 0.6) is 0 Å². The minimum Gasteiger partial charge on any atom is -0.476 e. The predicted octanol–water partition coefficient (Wildman–Crippen LogP) is 1.37. The zero-order valence-electron chi connectivity index (χ0n) is 8.95. The summed E-state index contributed by atoms with van der Waals surface area (Å²) in [6, 6.07) is 0. The zero-order valence-corrected chi connectivity index (χ0v) is 8.95. The summed E-state index contributed by atoms with van der Waals surface area (Å²) in [6.07, 6.45) is 3.80. The predicted molar refractivity (Wildman–Crippen MR) is 53.7 cm³/mol. The Labute approximate surface area is 88.1 Å². The first-order valence-corrected chi connectivity index (χ1v) is 4.95. The molecule has 5 heteroatoms. The summed E-state index contributed by atoms with van der Waals surface area (Å²) in [4.78, 5) is 26.7. The van der Waals surface area contributed by atoms with E-state index in [9.17, 15) is 9.59 Å². The first-order chi connectivity index (χ1) is 6.94. The molecule has 1 fully saturated rings. The molecule has 0 heterocycles. The number of oxime groups is 1. The lowest BCUT2D eigenvalue weighted by Crippen LogP contribution is -2.26. The molecular weight excluding hydrogens is 198 g/mol. The van der Waals surface area contributed by atoms with Crippen LogP contribution in [0.25, 0.3) is 0 Å². The molecule has 1 saturated carbocycles. The Bertz CT molecular complexity index is 287. The molecule has 1 aliphatic carbocycles. The molecule has 0 aromatic rings. The number of hydrogen-bond acceptors (Lipinski definition) is 4. The number of ketones is 1. The van der Waals surface area contributed by atoms with Crippen LogP contribution < -0.4 is 0 Å². The SMILES string of the molecule is CC(=O)/C(=N/OC1(C)CCCC1)C(=O)O. The smallest absolute Gasteiger partial charge is 0.361 e. The van der Waals surface area contributed by atoms with Crippen molar-refractivity contribution in [2.24, 2.45) is 5.16 Å². The highest BCUT2D eigenvalue weighted by Gasteiger charge is 2.31. The third-order valence-electron chi connectivity index (χ3n) is 2.55. The second-order valence-electron chi connectivity index (χ2n) is 4.05. The lowest BCUT2D eigenvalue weighted by molar-refractivity contribution is -0.130. The highest BCUT2D eigenvalue weighted by Crippen LogP contribution is 2.32. The number of nitrogens with zero attached hydrogens (tertiary/aromatic N) is 1. The van der Waals surface area contributed by atoms with E-state index < -0.39 is 23.1 Å². The lowest BCUT2D eigenvalue weighted by atomic mass is 10.1. The Morgan fingerprint density at radius 1 is 1.33 bits per heavy atom. The summed E-state index contributed by atoms with van der Waals surface area (Å²) in [5.41, 5.74) is -0.945. The van der Waals surface area contributed by atoms with Crippen molar-refractivity contribution in [2.45, 2.75) is 45.1 Å². The van der Waals surface area contributed by atoms with Crippen LogP contribution in [0, 0.1) is 0 Å². The maximum atomic E-state index is 10.9. The van der Waals surface area contributed by atoms with E-state index in [0.29, 0.717) is 0 Å². The summed E-state index contributed by atoms with van der Waals surface area (Å²) in [7, 11) is 0. The quantitative estimate of drug-likeness (QED) is 0.434. The molecule has 0 aliphatic heterocycles. The van der Waals surface area contributed by atoms with Crippen molar-refractivity contribution in [3.63, 3.8) is 0 Å². The maximum absolute atomic E-state index is 10.9. The summed E-state index contributed by atoms with van der Waals surface area (Å²) in [5, 5.41) is 12.1. The highest BCUT2D eigenvalue weighted by atomic mass is 16.7. The Balaban J connectivity index is 2.68. The summed E-state index contributed by atoms with van der Waals surface area (Å²) < 4.78 is 0. The van der Waals surface area contributed by atoms with Crippen LogP contribution in [0.15, 0.2) is 5.16 Å².